The highest BCUT2D eigenvalue weighted by Gasteiger charge is 2.15. The fourth-order valence-electron chi connectivity index (χ4n) is 3.34. The molecule has 0 radical (unpaired) electrons. The zero-order valence-electron chi connectivity index (χ0n) is 18.3. The number of aromatic nitrogens is 2. The predicted octanol–water partition coefficient (Wildman–Crippen LogP) is 4.80. The van der Waals surface area contributed by atoms with Crippen LogP contribution in [0.5, 0.6) is 5.88 Å². The second kappa shape index (κ2) is 10.5. The summed E-state index contributed by atoms with van der Waals surface area (Å²) in [6, 6.07) is 5.97. The highest BCUT2D eigenvalue weighted by Crippen LogP contribution is 2.34. The highest BCUT2D eigenvalue weighted by atomic mass is 16.5. The summed E-state index contributed by atoms with van der Waals surface area (Å²) >= 11 is 0. The van der Waals surface area contributed by atoms with Crippen LogP contribution in [0.4, 0.5) is 11.4 Å². The van der Waals surface area contributed by atoms with E-state index >= 15 is 0 Å². The van der Waals surface area contributed by atoms with Gasteiger partial charge in [-0.2, -0.15) is 0 Å². The monoisotopic (exact) mass is 405 g/mol. The normalized spacial score (nSPS) is 13.5. The zero-order chi connectivity index (χ0) is 21.3. The van der Waals surface area contributed by atoms with Crippen molar-refractivity contribution in [3.05, 3.63) is 60.1 Å². The molecule has 2 N–H and O–H groups in total. The van der Waals surface area contributed by atoms with Crippen LogP contribution >= 0.6 is 0 Å². The Balaban J connectivity index is 2.03. The first-order valence-electron chi connectivity index (χ1n) is 10.4. The Bertz CT molecular complexity index is 949. The molecule has 0 atom stereocenters. The number of anilines is 2. The van der Waals surface area contributed by atoms with Crippen molar-refractivity contribution in [3.63, 3.8) is 0 Å². The molecule has 3 rings (SSSR count). The van der Waals surface area contributed by atoms with E-state index in [1.165, 1.54) is 5.57 Å². The standard InChI is InChI=1S/C24H31N5O/c1-5-7-12-20-23(25-3)22(27-16-18-10-9-14-29(4)17-18)15-21(28-20)19-11-8-13-26-24(19)30-6-2/h7-13,15,17,25H,5-6,14,16H2,1-4H3,(H,27,28)/b12-7+. The number of hydrogen-bond donors (Lipinski definition) is 2. The second-order valence-electron chi connectivity index (χ2n) is 7.06. The van der Waals surface area contributed by atoms with E-state index in [9.17, 15) is 0 Å². The smallest absolute Gasteiger partial charge is 0.222 e. The molecular weight excluding hydrogens is 374 g/mol. The Labute approximate surface area is 179 Å². The van der Waals surface area contributed by atoms with Gasteiger partial charge >= 0.3 is 0 Å². The van der Waals surface area contributed by atoms with Gasteiger partial charge in [0.25, 0.3) is 0 Å². The lowest BCUT2D eigenvalue weighted by atomic mass is 10.1. The first kappa shape index (κ1) is 21.4. The SMILES string of the molecule is CC/C=C/c1nc(-c2cccnc2OCC)cc(NCC2=CN(C)CC=C2)c1NC. The third-order valence-electron chi connectivity index (χ3n) is 4.73. The average Bonchev–Trinajstić information content (AvgIpc) is 2.76. The molecule has 2 aromatic rings. The molecule has 0 saturated carbocycles. The van der Waals surface area contributed by atoms with Gasteiger partial charge in [-0.05, 0) is 43.2 Å². The molecule has 30 heavy (non-hydrogen) atoms. The van der Waals surface area contributed by atoms with Crippen LogP contribution in [-0.2, 0) is 0 Å². The molecule has 0 fully saturated rings. The van der Waals surface area contributed by atoms with E-state index in [1.807, 2.05) is 26.1 Å². The summed E-state index contributed by atoms with van der Waals surface area (Å²) in [7, 11) is 4.01. The zero-order valence-corrected chi connectivity index (χ0v) is 18.3. The number of likely N-dealkylation sites (N-methyl/N-ethyl adjacent to an activating group) is 1. The third-order valence-corrected chi connectivity index (χ3v) is 4.73. The Hall–Kier alpha value is -3.28. The van der Waals surface area contributed by atoms with Gasteiger partial charge in [0.1, 0.15) is 0 Å². The Kier molecular flexibility index (Phi) is 7.49. The number of pyridine rings is 2. The molecule has 2 aromatic heterocycles. The van der Waals surface area contributed by atoms with Crippen LogP contribution in [0.1, 0.15) is 26.0 Å². The molecule has 6 heteroatoms. The van der Waals surface area contributed by atoms with E-state index in [4.69, 9.17) is 9.72 Å². The minimum absolute atomic E-state index is 0.556. The number of nitrogens with one attached hydrogen (secondary N) is 2. The summed E-state index contributed by atoms with van der Waals surface area (Å²) in [5.74, 6) is 0.598. The molecule has 158 valence electrons. The van der Waals surface area contributed by atoms with Crippen molar-refractivity contribution in [3.8, 4) is 17.1 Å². The quantitative estimate of drug-likeness (QED) is 0.625. The summed E-state index contributed by atoms with van der Waals surface area (Å²) in [6.07, 6.45) is 13.4. The molecule has 6 nitrogen and oxygen atoms in total. The van der Waals surface area contributed by atoms with Gasteiger partial charge in [0, 0.05) is 39.6 Å². The van der Waals surface area contributed by atoms with Crippen LogP contribution < -0.4 is 15.4 Å². The molecule has 0 spiro atoms. The van der Waals surface area contributed by atoms with Gasteiger partial charge in [-0.1, -0.05) is 25.2 Å². The van der Waals surface area contributed by atoms with E-state index < -0.39 is 0 Å². The highest BCUT2D eigenvalue weighted by molar-refractivity contribution is 5.82. The van der Waals surface area contributed by atoms with Crippen molar-refractivity contribution in [2.24, 2.45) is 0 Å². The van der Waals surface area contributed by atoms with Crippen LogP contribution in [0.2, 0.25) is 0 Å². The first-order valence-corrected chi connectivity index (χ1v) is 10.4. The molecule has 0 bridgehead atoms. The van der Waals surface area contributed by atoms with E-state index in [0.29, 0.717) is 12.5 Å². The summed E-state index contributed by atoms with van der Waals surface area (Å²) in [4.78, 5) is 11.5. The maximum atomic E-state index is 5.75. The molecule has 1 aliphatic rings. The average molecular weight is 406 g/mol. The molecule has 0 saturated heterocycles. The fourth-order valence-corrected chi connectivity index (χ4v) is 3.34. The first-order chi connectivity index (χ1) is 14.7. The Morgan fingerprint density at radius 1 is 1.30 bits per heavy atom. The van der Waals surface area contributed by atoms with E-state index in [1.54, 1.807) is 6.20 Å². The lowest BCUT2D eigenvalue weighted by Crippen LogP contribution is -2.17. The van der Waals surface area contributed by atoms with E-state index in [-0.39, 0.29) is 0 Å². The molecule has 0 unspecified atom stereocenters. The van der Waals surface area contributed by atoms with E-state index in [0.717, 1.165) is 47.8 Å². The number of rotatable bonds is 9. The predicted molar refractivity (Wildman–Crippen MR) is 126 cm³/mol. The summed E-state index contributed by atoms with van der Waals surface area (Å²) in [5.41, 5.74) is 5.79. The van der Waals surface area contributed by atoms with Crippen molar-refractivity contribution < 1.29 is 4.74 Å². The molecule has 0 aromatic carbocycles. The van der Waals surface area contributed by atoms with Crippen molar-refractivity contribution in [1.82, 2.24) is 14.9 Å². The maximum Gasteiger partial charge on any atom is 0.222 e. The van der Waals surface area contributed by atoms with Crippen LogP contribution in [0, 0.1) is 0 Å². The van der Waals surface area contributed by atoms with Gasteiger partial charge in [-0.15, -0.1) is 0 Å². The maximum absolute atomic E-state index is 5.75. The summed E-state index contributed by atoms with van der Waals surface area (Å²) in [5, 5.41) is 6.91. The number of nitrogens with zero attached hydrogens (tertiary/aromatic N) is 3. The van der Waals surface area contributed by atoms with Gasteiger partial charge in [-0.25, -0.2) is 9.97 Å². The molecular formula is C24H31N5O. The molecule has 1 aliphatic heterocycles. The van der Waals surface area contributed by atoms with E-state index in [2.05, 4.69) is 71.1 Å². The van der Waals surface area contributed by atoms with Crippen molar-refractivity contribution in [2.45, 2.75) is 20.3 Å². The van der Waals surface area contributed by atoms with Crippen LogP contribution in [0.15, 0.2) is 54.4 Å². The van der Waals surface area contributed by atoms with Gasteiger partial charge in [-0.3, -0.25) is 0 Å². The number of hydrogen-bond acceptors (Lipinski definition) is 6. The topological polar surface area (TPSA) is 62.3 Å². The molecule has 0 aliphatic carbocycles. The van der Waals surface area contributed by atoms with Gasteiger partial charge in [0.2, 0.25) is 5.88 Å². The van der Waals surface area contributed by atoms with Crippen molar-refractivity contribution >= 4 is 17.5 Å². The molecule has 0 amide bonds. The second-order valence-corrected chi connectivity index (χ2v) is 7.06. The largest absolute Gasteiger partial charge is 0.477 e. The molecule has 3 heterocycles. The van der Waals surface area contributed by atoms with Crippen LogP contribution in [0.3, 0.4) is 0 Å². The lowest BCUT2D eigenvalue weighted by molar-refractivity contribution is 0.328. The Morgan fingerprint density at radius 3 is 2.90 bits per heavy atom. The van der Waals surface area contributed by atoms with Crippen molar-refractivity contribution in [1.29, 1.82) is 0 Å². The lowest BCUT2D eigenvalue weighted by Gasteiger charge is -2.20. The van der Waals surface area contributed by atoms with Gasteiger partial charge in [0.05, 0.1) is 34.9 Å². The van der Waals surface area contributed by atoms with Gasteiger partial charge in [0.15, 0.2) is 0 Å². The number of allylic oxidation sites excluding steroid dienone is 1. The van der Waals surface area contributed by atoms with Crippen LogP contribution in [0.25, 0.3) is 17.3 Å². The summed E-state index contributed by atoms with van der Waals surface area (Å²) in [6.45, 7) is 6.30. The van der Waals surface area contributed by atoms with Crippen molar-refractivity contribution in [2.75, 3.05) is 44.4 Å². The number of ether oxygens (including phenoxy) is 1. The third kappa shape index (κ3) is 5.20. The fraction of sp³-hybridized carbons (Fsp3) is 0.333. The minimum atomic E-state index is 0.556. The minimum Gasteiger partial charge on any atom is -0.477 e. The summed E-state index contributed by atoms with van der Waals surface area (Å²) < 4.78 is 5.75. The van der Waals surface area contributed by atoms with Crippen LogP contribution in [-0.4, -0.2) is 48.7 Å². The van der Waals surface area contributed by atoms with Gasteiger partial charge < -0.3 is 20.3 Å². The Morgan fingerprint density at radius 2 is 2.17 bits per heavy atom.